The number of nitrogens with one attached hydrogen (secondary N) is 1. The zero-order valence-electron chi connectivity index (χ0n) is 7.91. The first-order valence-electron chi connectivity index (χ1n) is 4.40. The van der Waals surface area contributed by atoms with E-state index in [0.29, 0.717) is 0 Å². The zero-order chi connectivity index (χ0) is 10.3. The largest absolute Gasteiger partial charge is 0.346 e. The zero-order valence-corrected chi connectivity index (χ0v) is 7.91. The van der Waals surface area contributed by atoms with E-state index >= 15 is 0 Å². The first-order chi connectivity index (χ1) is 7.47. The van der Waals surface area contributed by atoms with Crippen LogP contribution in [-0.4, -0.2) is 24.9 Å². The average molecular weight is 199 g/mol. The summed E-state index contributed by atoms with van der Waals surface area (Å²) in [5, 5.41) is 1.05. The molecule has 0 unspecified atom stereocenters. The summed E-state index contributed by atoms with van der Waals surface area (Å²) < 4.78 is 0. The Bertz CT molecular complexity index is 448. The molecule has 5 heteroatoms. The minimum atomic E-state index is 0.894. The average Bonchev–Trinajstić information content (AvgIpc) is 2.80. The third-order valence-electron chi connectivity index (χ3n) is 1.70. The lowest BCUT2D eigenvalue weighted by molar-refractivity contribution is 1.17. The fourth-order valence-electron chi connectivity index (χ4n) is 1.05. The van der Waals surface area contributed by atoms with Crippen molar-refractivity contribution < 1.29 is 0 Å². The number of aromatic amines is 1. The van der Waals surface area contributed by atoms with Crippen molar-refractivity contribution in [1.82, 2.24) is 24.9 Å². The molecule has 0 radical (unpaired) electrons. The van der Waals surface area contributed by atoms with E-state index in [9.17, 15) is 0 Å². The molecule has 3 rings (SSSR count). The number of hydrogen-bond donors (Lipinski definition) is 1. The highest BCUT2D eigenvalue weighted by Gasteiger charge is 1.89. The van der Waals surface area contributed by atoms with Gasteiger partial charge in [0.2, 0.25) is 0 Å². The smallest absolute Gasteiger partial charge is 0.140 e. The van der Waals surface area contributed by atoms with Gasteiger partial charge < -0.3 is 4.98 Å². The first-order valence-corrected chi connectivity index (χ1v) is 4.40. The molecule has 0 aliphatic carbocycles. The molecule has 3 heterocycles. The minimum absolute atomic E-state index is 0.894. The van der Waals surface area contributed by atoms with Gasteiger partial charge in [-0.1, -0.05) is 0 Å². The molecule has 1 N–H and O–H groups in total. The van der Waals surface area contributed by atoms with Gasteiger partial charge in [-0.05, 0) is 12.1 Å². The number of hydrogen-bond acceptors (Lipinski definition) is 4. The van der Waals surface area contributed by atoms with E-state index in [4.69, 9.17) is 0 Å². The Kier molecular flexibility index (Phi) is 2.97. The third kappa shape index (κ3) is 2.57. The topological polar surface area (TPSA) is 67.3 Å². The number of H-pyrrole nitrogens is 1. The predicted molar refractivity (Wildman–Crippen MR) is 55.9 cm³/mol. The van der Waals surface area contributed by atoms with Gasteiger partial charge in [-0.2, -0.15) is 0 Å². The maximum atomic E-state index is 3.97. The van der Waals surface area contributed by atoms with Gasteiger partial charge in [0.25, 0.3) is 0 Å². The Balaban J connectivity index is 0.000000124. The molecule has 0 aliphatic rings. The molecule has 0 fully saturated rings. The molecule has 0 bridgehead atoms. The molecule has 0 saturated heterocycles. The van der Waals surface area contributed by atoms with Crippen LogP contribution in [0.4, 0.5) is 0 Å². The van der Waals surface area contributed by atoms with E-state index in [1.807, 2.05) is 12.3 Å². The molecule has 0 amide bonds. The normalized spacial score (nSPS) is 9.33. The van der Waals surface area contributed by atoms with Gasteiger partial charge in [-0.15, -0.1) is 0 Å². The highest BCUT2D eigenvalue weighted by molar-refractivity contribution is 5.73. The van der Waals surface area contributed by atoms with Crippen LogP contribution in [0, 0.1) is 0 Å². The molecular formula is C10H9N5. The molecule has 0 atom stereocenters. The summed E-state index contributed by atoms with van der Waals surface area (Å²) in [4.78, 5) is 18.1. The van der Waals surface area contributed by atoms with Gasteiger partial charge in [0, 0.05) is 30.2 Å². The lowest BCUT2D eigenvalue weighted by atomic mass is 10.4. The van der Waals surface area contributed by atoms with Crippen LogP contribution in [0.1, 0.15) is 0 Å². The van der Waals surface area contributed by atoms with Crippen LogP contribution in [0.3, 0.4) is 0 Å². The van der Waals surface area contributed by atoms with E-state index in [2.05, 4.69) is 24.9 Å². The SMILES string of the molecule is c1cncnc1.c1ncc2cc[nH]c2n1. The summed E-state index contributed by atoms with van der Waals surface area (Å²) >= 11 is 0. The van der Waals surface area contributed by atoms with Crippen molar-refractivity contribution in [3.8, 4) is 0 Å². The summed E-state index contributed by atoms with van der Waals surface area (Å²) in [6, 6.07) is 3.72. The molecule has 3 aromatic heterocycles. The lowest BCUT2D eigenvalue weighted by Gasteiger charge is -1.81. The summed E-state index contributed by atoms with van der Waals surface area (Å²) in [5.74, 6) is 0. The first kappa shape index (κ1) is 9.26. The van der Waals surface area contributed by atoms with Crippen molar-refractivity contribution >= 4 is 11.0 Å². The van der Waals surface area contributed by atoms with Crippen molar-refractivity contribution in [3.05, 3.63) is 49.6 Å². The Labute approximate surface area is 86.3 Å². The molecular weight excluding hydrogens is 190 g/mol. The van der Waals surface area contributed by atoms with Crippen molar-refractivity contribution in [1.29, 1.82) is 0 Å². The fraction of sp³-hybridized carbons (Fsp3) is 0. The second-order valence-corrected chi connectivity index (χ2v) is 2.71. The van der Waals surface area contributed by atoms with E-state index < -0.39 is 0 Å². The standard InChI is InChI=1S/C6H5N3.C4H4N2/c1-2-8-6-5(1)3-7-4-9-6;1-2-5-4-6-3-1/h1-4H,(H,7,8,9);1-4H. The molecule has 0 aromatic carbocycles. The van der Waals surface area contributed by atoms with Crippen LogP contribution in [0.5, 0.6) is 0 Å². The molecule has 0 saturated carbocycles. The van der Waals surface area contributed by atoms with Crippen LogP contribution < -0.4 is 0 Å². The van der Waals surface area contributed by atoms with Crippen molar-refractivity contribution in [2.45, 2.75) is 0 Å². The van der Waals surface area contributed by atoms with E-state index in [1.54, 1.807) is 24.7 Å². The van der Waals surface area contributed by atoms with Gasteiger partial charge in [-0.3, -0.25) is 0 Å². The van der Waals surface area contributed by atoms with Gasteiger partial charge in [0.1, 0.15) is 18.3 Å². The summed E-state index contributed by atoms with van der Waals surface area (Å²) in [5.41, 5.74) is 0.894. The molecule has 0 aliphatic heterocycles. The number of aromatic nitrogens is 5. The maximum absolute atomic E-state index is 3.97. The Morgan fingerprint density at radius 2 is 1.87 bits per heavy atom. The summed E-state index contributed by atoms with van der Waals surface area (Å²) in [6.45, 7) is 0. The molecule has 0 spiro atoms. The highest BCUT2D eigenvalue weighted by atomic mass is 14.9. The van der Waals surface area contributed by atoms with E-state index in [-0.39, 0.29) is 0 Å². The van der Waals surface area contributed by atoms with Crippen LogP contribution in [0.2, 0.25) is 0 Å². The third-order valence-corrected chi connectivity index (χ3v) is 1.70. The second kappa shape index (κ2) is 4.80. The van der Waals surface area contributed by atoms with Crippen LogP contribution in [-0.2, 0) is 0 Å². The van der Waals surface area contributed by atoms with E-state index in [0.717, 1.165) is 11.0 Å². The van der Waals surface area contributed by atoms with Gasteiger partial charge in [-0.25, -0.2) is 19.9 Å². The van der Waals surface area contributed by atoms with E-state index in [1.165, 1.54) is 12.7 Å². The van der Waals surface area contributed by atoms with Gasteiger partial charge in [0.15, 0.2) is 0 Å². The molecule has 3 aromatic rings. The summed E-state index contributed by atoms with van der Waals surface area (Å²) in [7, 11) is 0. The monoisotopic (exact) mass is 199 g/mol. The van der Waals surface area contributed by atoms with Crippen molar-refractivity contribution in [2.24, 2.45) is 0 Å². The Morgan fingerprint density at radius 3 is 2.47 bits per heavy atom. The second-order valence-electron chi connectivity index (χ2n) is 2.71. The van der Waals surface area contributed by atoms with Gasteiger partial charge in [0.05, 0.1) is 0 Å². The van der Waals surface area contributed by atoms with Crippen LogP contribution >= 0.6 is 0 Å². The molecule has 15 heavy (non-hydrogen) atoms. The lowest BCUT2D eigenvalue weighted by Crippen LogP contribution is -1.75. The highest BCUT2D eigenvalue weighted by Crippen LogP contribution is 2.03. The summed E-state index contributed by atoms with van der Waals surface area (Å²) in [6.07, 6.45) is 10.0. The predicted octanol–water partition coefficient (Wildman–Crippen LogP) is 1.43. The minimum Gasteiger partial charge on any atom is -0.346 e. The molecule has 5 nitrogen and oxygen atoms in total. The van der Waals surface area contributed by atoms with Crippen LogP contribution in [0.25, 0.3) is 11.0 Å². The quantitative estimate of drug-likeness (QED) is 0.594. The Morgan fingerprint density at radius 1 is 1.00 bits per heavy atom. The van der Waals surface area contributed by atoms with Crippen molar-refractivity contribution in [2.75, 3.05) is 0 Å². The number of fused-ring (bicyclic) bond motifs is 1. The van der Waals surface area contributed by atoms with Crippen molar-refractivity contribution in [3.63, 3.8) is 0 Å². The molecule has 74 valence electrons. The number of rotatable bonds is 0. The fourth-order valence-corrected chi connectivity index (χ4v) is 1.05. The maximum Gasteiger partial charge on any atom is 0.140 e. The van der Waals surface area contributed by atoms with Crippen LogP contribution in [0.15, 0.2) is 49.6 Å². The number of nitrogens with zero attached hydrogens (tertiary/aromatic N) is 4. The van der Waals surface area contributed by atoms with Gasteiger partial charge >= 0.3 is 0 Å². The Hall–Kier alpha value is -2.30.